The van der Waals surface area contributed by atoms with E-state index in [9.17, 15) is 0 Å². The lowest BCUT2D eigenvalue weighted by atomic mass is 10.3. The van der Waals surface area contributed by atoms with Crippen molar-refractivity contribution in [3.63, 3.8) is 0 Å². The van der Waals surface area contributed by atoms with Crippen LogP contribution in [0.15, 0.2) is 24.5 Å². The molecule has 12 heavy (non-hydrogen) atoms. The summed E-state index contributed by atoms with van der Waals surface area (Å²) in [6.07, 6.45) is 3.99. The maximum Gasteiger partial charge on any atom is 0.178 e. The van der Waals surface area contributed by atoms with Crippen molar-refractivity contribution < 1.29 is 22.1 Å². The van der Waals surface area contributed by atoms with Crippen LogP contribution in [-0.2, 0) is 0 Å². The van der Waals surface area contributed by atoms with Crippen molar-refractivity contribution in [3.05, 3.63) is 30.1 Å². The molecule has 0 bridgehead atoms. The maximum atomic E-state index is 8.86. The number of pyridine rings is 1. The Bertz CT molecular complexity index is 240. The second-order valence-electron chi connectivity index (χ2n) is 2.86. The first-order valence-corrected chi connectivity index (χ1v) is 3.82. The van der Waals surface area contributed by atoms with Gasteiger partial charge in [-0.3, -0.25) is 0 Å². The summed E-state index contributed by atoms with van der Waals surface area (Å²) in [5, 5.41) is 8.86. The van der Waals surface area contributed by atoms with Crippen molar-refractivity contribution in [2.24, 2.45) is 0 Å². The Hall–Kier alpha value is -0.600. The molecule has 1 N–H and O–H groups in total. The van der Waals surface area contributed by atoms with Gasteiger partial charge in [0.1, 0.15) is 6.61 Å². The van der Waals surface area contributed by atoms with Crippen LogP contribution in [0.2, 0.25) is 0 Å². The molecule has 0 radical (unpaired) electrons. The SMILES string of the molecule is Cc1ccc[n+]([C@@H](C)CO)c1.[Cl-]. The highest BCUT2D eigenvalue weighted by Gasteiger charge is 2.08. The third-order valence-electron chi connectivity index (χ3n) is 1.74. The van der Waals surface area contributed by atoms with Crippen LogP contribution in [0.3, 0.4) is 0 Å². The summed E-state index contributed by atoms with van der Waals surface area (Å²) in [5.74, 6) is 0. The molecule has 0 aliphatic heterocycles. The zero-order valence-corrected chi connectivity index (χ0v) is 8.12. The second-order valence-corrected chi connectivity index (χ2v) is 2.86. The van der Waals surface area contributed by atoms with Crippen LogP contribution >= 0.6 is 0 Å². The summed E-state index contributed by atoms with van der Waals surface area (Å²) in [5.41, 5.74) is 1.22. The molecule has 0 saturated carbocycles. The summed E-state index contributed by atoms with van der Waals surface area (Å²) >= 11 is 0. The van der Waals surface area contributed by atoms with E-state index in [1.54, 1.807) is 0 Å². The van der Waals surface area contributed by atoms with Gasteiger partial charge in [0.25, 0.3) is 0 Å². The molecule has 2 nitrogen and oxygen atoms in total. The minimum atomic E-state index is 0. The van der Waals surface area contributed by atoms with Crippen LogP contribution in [0.5, 0.6) is 0 Å². The van der Waals surface area contributed by atoms with Gasteiger partial charge >= 0.3 is 0 Å². The monoisotopic (exact) mass is 187 g/mol. The molecule has 0 spiro atoms. The fraction of sp³-hybridized carbons (Fsp3) is 0.444. The van der Waals surface area contributed by atoms with Crippen molar-refractivity contribution >= 4 is 0 Å². The zero-order valence-electron chi connectivity index (χ0n) is 7.37. The van der Waals surface area contributed by atoms with E-state index in [0.717, 1.165) is 0 Å². The standard InChI is InChI=1S/C9H14NO.ClH/c1-8-4-3-5-10(6-8)9(2)7-11;/h3-6,9,11H,7H2,1-2H3;1H/q+1;/p-1/t9-;/m0./s1. The topological polar surface area (TPSA) is 24.1 Å². The van der Waals surface area contributed by atoms with E-state index in [2.05, 4.69) is 0 Å². The van der Waals surface area contributed by atoms with Crippen LogP contribution < -0.4 is 17.0 Å². The quantitative estimate of drug-likeness (QED) is 0.525. The Balaban J connectivity index is 0.00000121. The van der Waals surface area contributed by atoms with Gasteiger partial charge in [-0.25, -0.2) is 4.57 Å². The van der Waals surface area contributed by atoms with Crippen LogP contribution in [-0.4, -0.2) is 11.7 Å². The lowest BCUT2D eigenvalue weighted by Crippen LogP contribution is -3.00. The van der Waals surface area contributed by atoms with Crippen molar-refractivity contribution in [2.75, 3.05) is 6.61 Å². The summed E-state index contributed by atoms with van der Waals surface area (Å²) in [7, 11) is 0. The van der Waals surface area contributed by atoms with Gasteiger partial charge in [0.2, 0.25) is 0 Å². The normalized spacial score (nSPS) is 11.9. The molecule has 0 aliphatic carbocycles. The first-order valence-electron chi connectivity index (χ1n) is 3.82. The van der Waals surface area contributed by atoms with Gasteiger partial charge in [-0.2, -0.15) is 0 Å². The van der Waals surface area contributed by atoms with E-state index in [1.807, 2.05) is 42.9 Å². The summed E-state index contributed by atoms with van der Waals surface area (Å²) in [6.45, 7) is 4.22. The molecule has 0 unspecified atom stereocenters. The first-order chi connectivity index (χ1) is 5.24. The number of aryl methyl sites for hydroxylation is 1. The molecule has 1 rings (SSSR count). The van der Waals surface area contributed by atoms with Crippen LogP contribution in [0.4, 0.5) is 0 Å². The lowest BCUT2D eigenvalue weighted by molar-refractivity contribution is -0.721. The van der Waals surface area contributed by atoms with Crippen molar-refractivity contribution in [2.45, 2.75) is 19.9 Å². The fourth-order valence-electron chi connectivity index (χ4n) is 0.984. The second kappa shape index (κ2) is 5.12. The molecule has 1 heterocycles. The minimum absolute atomic E-state index is 0. The molecule has 3 heteroatoms. The molecular weight excluding hydrogens is 174 g/mol. The highest BCUT2D eigenvalue weighted by Crippen LogP contribution is 1.95. The average molecular weight is 188 g/mol. The fourth-order valence-corrected chi connectivity index (χ4v) is 0.984. The number of hydrogen-bond acceptors (Lipinski definition) is 1. The van der Waals surface area contributed by atoms with Gasteiger partial charge in [0.05, 0.1) is 0 Å². The van der Waals surface area contributed by atoms with E-state index in [-0.39, 0.29) is 25.1 Å². The Morgan fingerprint density at radius 3 is 2.75 bits per heavy atom. The highest BCUT2D eigenvalue weighted by atomic mass is 35.5. The number of nitrogens with zero attached hydrogens (tertiary/aromatic N) is 1. The average Bonchev–Trinajstić information content (AvgIpc) is 2.03. The molecule has 1 aromatic heterocycles. The third-order valence-corrected chi connectivity index (χ3v) is 1.74. The molecule has 0 aliphatic rings. The first kappa shape index (κ1) is 11.4. The highest BCUT2D eigenvalue weighted by molar-refractivity contribution is 5.01. The number of aliphatic hydroxyl groups is 1. The molecular formula is C9H14ClNO. The number of aliphatic hydroxyl groups excluding tert-OH is 1. The van der Waals surface area contributed by atoms with Gasteiger partial charge < -0.3 is 17.5 Å². The molecule has 1 atom stereocenters. The molecule has 0 aromatic carbocycles. The van der Waals surface area contributed by atoms with E-state index >= 15 is 0 Å². The van der Waals surface area contributed by atoms with E-state index in [4.69, 9.17) is 5.11 Å². The molecule has 68 valence electrons. The number of aromatic nitrogens is 1. The number of halogens is 1. The largest absolute Gasteiger partial charge is 1.00 e. The van der Waals surface area contributed by atoms with Crippen molar-refractivity contribution in [1.82, 2.24) is 0 Å². The number of hydrogen-bond donors (Lipinski definition) is 1. The van der Waals surface area contributed by atoms with E-state index < -0.39 is 0 Å². The van der Waals surface area contributed by atoms with E-state index in [0.29, 0.717) is 0 Å². The predicted octanol–water partition coefficient (Wildman–Crippen LogP) is -2.16. The van der Waals surface area contributed by atoms with E-state index in [1.165, 1.54) is 5.56 Å². The number of rotatable bonds is 2. The Morgan fingerprint density at radius 2 is 2.25 bits per heavy atom. The summed E-state index contributed by atoms with van der Waals surface area (Å²) in [4.78, 5) is 0. The van der Waals surface area contributed by atoms with Crippen LogP contribution in [0, 0.1) is 6.92 Å². The summed E-state index contributed by atoms with van der Waals surface area (Å²) < 4.78 is 2.01. The predicted molar refractivity (Wildman–Crippen MR) is 43.2 cm³/mol. The molecule has 1 aromatic rings. The van der Waals surface area contributed by atoms with Crippen molar-refractivity contribution in [3.8, 4) is 0 Å². The lowest BCUT2D eigenvalue weighted by Gasteiger charge is -2.02. The van der Waals surface area contributed by atoms with Gasteiger partial charge in [0.15, 0.2) is 18.4 Å². The van der Waals surface area contributed by atoms with Gasteiger partial charge in [-0.1, -0.05) is 0 Å². The Kier molecular flexibility index (Phi) is 4.86. The molecule has 0 fully saturated rings. The smallest absolute Gasteiger partial charge is 0.178 e. The maximum absolute atomic E-state index is 8.86. The Labute approximate surface area is 79.3 Å². The van der Waals surface area contributed by atoms with Gasteiger partial charge in [0, 0.05) is 18.6 Å². The van der Waals surface area contributed by atoms with Crippen LogP contribution in [0.1, 0.15) is 18.5 Å². The summed E-state index contributed by atoms with van der Waals surface area (Å²) in [6, 6.07) is 4.21. The molecule has 0 amide bonds. The third kappa shape index (κ3) is 2.80. The minimum Gasteiger partial charge on any atom is -1.00 e. The molecule has 0 saturated heterocycles. The van der Waals surface area contributed by atoms with Gasteiger partial charge in [-0.05, 0) is 13.0 Å². The van der Waals surface area contributed by atoms with Crippen molar-refractivity contribution in [1.29, 1.82) is 0 Å². The zero-order chi connectivity index (χ0) is 8.27. The van der Waals surface area contributed by atoms with Crippen LogP contribution in [0.25, 0.3) is 0 Å². The Morgan fingerprint density at radius 1 is 1.58 bits per heavy atom. The van der Waals surface area contributed by atoms with Gasteiger partial charge in [-0.15, -0.1) is 0 Å².